The first kappa shape index (κ1) is 21.1. The minimum atomic E-state index is -0.729. The van der Waals surface area contributed by atoms with Crippen LogP contribution in [0.2, 0.25) is 0 Å². The summed E-state index contributed by atoms with van der Waals surface area (Å²) in [7, 11) is 1.55. The van der Waals surface area contributed by atoms with Gasteiger partial charge in [0.05, 0.1) is 24.5 Å². The molecule has 2 rings (SSSR count). The van der Waals surface area contributed by atoms with E-state index in [1.54, 1.807) is 50.4 Å². The second-order valence-electron chi connectivity index (χ2n) is 5.47. The molecule has 0 fully saturated rings. The van der Waals surface area contributed by atoms with Gasteiger partial charge < -0.3 is 14.8 Å². The molecule has 28 heavy (non-hydrogen) atoms. The fraction of sp³-hybridized carbons (Fsp3) is 0.190. The van der Waals surface area contributed by atoms with E-state index in [0.717, 1.165) is 11.8 Å². The van der Waals surface area contributed by atoms with Crippen LogP contribution in [0.1, 0.15) is 17.3 Å². The Kier molecular flexibility index (Phi) is 8.12. The second kappa shape index (κ2) is 10.8. The topological polar surface area (TPSA) is 88.4 Å². The van der Waals surface area contributed by atoms with Crippen LogP contribution in [-0.2, 0) is 9.53 Å². The van der Waals surface area contributed by atoms with Crippen LogP contribution in [0.15, 0.2) is 65.2 Å². The number of hydrogen-bond donors (Lipinski definition) is 1. The molecule has 0 aliphatic rings. The summed E-state index contributed by atoms with van der Waals surface area (Å²) in [6.07, 6.45) is 0. The quantitative estimate of drug-likeness (QED) is 0.296. The van der Waals surface area contributed by atoms with Crippen LogP contribution in [0.3, 0.4) is 0 Å². The lowest BCUT2D eigenvalue weighted by atomic mass is 10.1. The number of carbonyl (C=O) groups is 2. The van der Waals surface area contributed by atoms with E-state index in [2.05, 4.69) is 5.32 Å². The molecule has 0 spiro atoms. The van der Waals surface area contributed by atoms with Gasteiger partial charge in [-0.2, -0.15) is 5.26 Å². The maximum Gasteiger partial charge on any atom is 0.351 e. The predicted molar refractivity (Wildman–Crippen MR) is 109 cm³/mol. The molecule has 1 N–H and O–H groups in total. The van der Waals surface area contributed by atoms with Crippen molar-refractivity contribution in [3.63, 3.8) is 0 Å². The Bertz CT molecular complexity index is 887. The number of carbonyl (C=O) groups excluding carboxylic acids is 2. The summed E-state index contributed by atoms with van der Waals surface area (Å²) in [5, 5.41) is 12.8. The molecule has 0 unspecified atom stereocenters. The van der Waals surface area contributed by atoms with Crippen molar-refractivity contribution in [3.05, 3.63) is 70.8 Å². The molecule has 0 bridgehead atoms. The van der Waals surface area contributed by atoms with Crippen LogP contribution in [0.4, 0.5) is 5.69 Å². The molecule has 7 heteroatoms. The van der Waals surface area contributed by atoms with Gasteiger partial charge in [-0.15, -0.1) is 0 Å². The van der Waals surface area contributed by atoms with Crippen molar-refractivity contribution in [2.75, 3.05) is 24.8 Å². The third-order valence-electron chi connectivity index (χ3n) is 3.61. The minimum Gasteiger partial charge on any atom is -0.497 e. The SMILES string of the molecule is CCOC(=O)/C(C#N)=C(/Nc1ccccc1)SCC(=O)c1ccc(OC)cc1. The number of ketones is 1. The first-order valence-electron chi connectivity index (χ1n) is 8.52. The molecule has 0 aliphatic carbocycles. The number of Topliss-reactive ketones (excluding diaryl/α,β-unsaturated/α-hetero) is 1. The van der Waals surface area contributed by atoms with Crippen molar-refractivity contribution in [2.24, 2.45) is 0 Å². The highest BCUT2D eigenvalue weighted by atomic mass is 32.2. The molecule has 0 amide bonds. The number of methoxy groups -OCH3 is 1. The van der Waals surface area contributed by atoms with Crippen molar-refractivity contribution >= 4 is 29.2 Å². The minimum absolute atomic E-state index is 0.0477. The van der Waals surface area contributed by atoms with Gasteiger partial charge in [-0.25, -0.2) is 4.79 Å². The number of benzene rings is 2. The van der Waals surface area contributed by atoms with Crippen LogP contribution in [0.5, 0.6) is 5.75 Å². The van der Waals surface area contributed by atoms with Crippen molar-refractivity contribution in [1.29, 1.82) is 5.26 Å². The van der Waals surface area contributed by atoms with E-state index in [1.807, 2.05) is 24.3 Å². The van der Waals surface area contributed by atoms with Crippen LogP contribution >= 0.6 is 11.8 Å². The summed E-state index contributed by atoms with van der Waals surface area (Å²) < 4.78 is 10.0. The molecular weight excluding hydrogens is 376 g/mol. The summed E-state index contributed by atoms with van der Waals surface area (Å²) in [6.45, 7) is 1.82. The molecule has 0 saturated carbocycles. The first-order valence-corrected chi connectivity index (χ1v) is 9.51. The molecular formula is C21H20N2O4S. The maximum atomic E-state index is 12.5. The molecule has 0 atom stereocenters. The Morgan fingerprint density at radius 3 is 2.36 bits per heavy atom. The number of nitrogens with one attached hydrogen (secondary N) is 1. The zero-order chi connectivity index (χ0) is 20.4. The van der Waals surface area contributed by atoms with Crippen LogP contribution in [0, 0.1) is 11.3 Å². The van der Waals surface area contributed by atoms with Gasteiger partial charge in [-0.05, 0) is 43.3 Å². The molecule has 6 nitrogen and oxygen atoms in total. The van der Waals surface area contributed by atoms with Gasteiger partial charge in [0.15, 0.2) is 11.4 Å². The number of esters is 1. The zero-order valence-corrected chi connectivity index (χ0v) is 16.4. The Morgan fingerprint density at radius 1 is 1.11 bits per heavy atom. The fourth-order valence-electron chi connectivity index (χ4n) is 2.21. The van der Waals surface area contributed by atoms with Gasteiger partial charge in [-0.1, -0.05) is 30.0 Å². The van der Waals surface area contributed by atoms with Gasteiger partial charge in [-0.3, -0.25) is 4.79 Å². The fourth-order valence-corrected chi connectivity index (χ4v) is 3.12. The lowest BCUT2D eigenvalue weighted by Crippen LogP contribution is -2.13. The Morgan fingerprint density at radius 2 is 1.79 bits per heavy atom. The van der Waals surface area contributed by atoms with Gasteiger partial charge in [0, 0.05) is 11.3 Å². The van der Waals surface area contributed by atoms with Crippen molar-refractivity contribution < 1.29 is 19.1 Å². The highest BCUT2D eigenvalue weighted by Crippen LogP contribution is 2.25. The number of ether oxygens (including phenoxy) is 2. The molecule has 0 aliphatic heterocycles. The highest BCUT2D eigenvalue weighted by molar-refractivity contribution is 8.03. The summed E-state index contributed by atoms with van der Waals surface area (Å²) in [5.41, 5.74) is 1.04. The van der Waals surface area contributed by atoms with Crippen molar-refractivity contribution in [1.82, 2.24) is 0 Å². The molecule has 2 aromatic rings. The third-order valence-corrected chi connectivity index (χ3v) is 4.61. The van der Waals surface area contributed by atoms with E-state index in [9.17, 15) is 14.9 Å². The van der Waals surface area contributed by atoms with Gasteiger partial charge in [0.2, 0.25) is 0 Å². The Hall–Kier alpha value is -3.24. The highest BCUT2D eigenvalue weighted by Gasteiger charge is 2.19. The third kappa shape index (κ3) is 5.89. The van der Waals surface area contributed by atoms with Gasteiger partial charge in [0.1, 0.15) is 11.8 Å². The molecule has 0 saturated heterocycles. The number of thioether (sulfide) groups is 1. The average molecular weight is 396 g/mol. The van der Waals surface area contributed by atoms with Crippen molar-refractivity contribution in [2.45, 2.75) is 6.92 Å². The van der Waals surface area contributed by atoms with Crippen LogP contribution in [0.25, 0.3) is 0 Å². The van der Waals surface area contributed by atoms with Crippen LogP contribution in [-0.4, -0.2) is 31.2 Å². The normalized spacial score (nSPS) is 11.0. The van der Waals surface area contributed by atoms with Crippen molar-refractivity contribution in [3.8, 4) is 11.8 Å². The molecule has 2 aromatic carbocycles. The summed E-state index contributed by atoms with van der Waals surface area (Å²) >= 11 is 1.08. The molecule has 144 valence electrons. The number of nitriles is 1. The van der Waals surface area contributed by atoms with E-state index >= 15 is 0 Å². The van der Waals surface area contributed by atoms with Gasteiger partial charge in [0.25, 0.3) is 0 Å². The molecule has 0 aromatic heterocycles. The summed E-state index contributed by atoms with van der Waals surface area (Å²) in [5.74, 6) is -0.162. The molecule has 0 heterocycles. The van der Waals surface area contributed by atoms with E-state index in [-0.39, 0.29) is 28.7 Å². The van der Waals surface area contributed by atoms with Gasteiger partial charge >= 0.3 is 5.97 Å². The lowest BCUT2D eigenvalue weighted by Gasteiger charge is -2.12. The number of hydrogen-bond acceptors (Lipinski definition) is 7. The van der Waals surface area contributed by atoms with E-state index in [0.29, 0.717) is 17.0 Å². The Balaban J connectivity index is 2.22. The monoisotopic (exact) mass is 396 g/mol. The summed E-state index contributed by atoms with van der Waals surface area (Å²) in [6, 6.07) is 17.7. The van der Waals surface area contributed by atoms with Crippen LogP contribution < -0.4 is 10.1 Å². The van der Waals surface area contributed by atoms with E-state index in [4.69, 9.17) is 9.47 Å². The summed E-state index contributed by atoms with van der Waals surface area (Å²) in [4.78, 5) is 24.6. The first-order chi connectivity index (χ1) is 13.6. The number of rotatable bonds is 9. The standard InChI is InChI=1S/C21H20N2O4S/c1-3-27-21(25)18(13-22)20(23-16-7-5-4-6-8-16)28-14-19(24)15-9-11-17(26-2)12-10-15/h4-12,23H,3,14H2,1-2H3/b20-18-. The van der Waals surface area contributed by atoms with E-state index < -0.39 is 5.97 Å². The largest absolute Gasteiger partial charge is 0.497 e. The lowest BCUT2D eigenvalue weighted by molar-refractivity contribution is -0.138. The molecule has 0 radical (unpaired) electrons. The number of nitrogens with zero attached hydrogens (tertiary/aromatic N) is 1. The Labute approximate surface area is 168 Å². The predicted octanol–water partition coefficient (Wildman–Crippen LogP) is 4.02. The smallest absolute Gasteiger partial charge is 0.351 e. The maximum absolute atomic E-state index is 12.5. The van der Waals surface area contributed by atoms with E-state index in [1.165, 1.54) is 0 Å². The number of anilines is 1. The second-order valence-corrected chi connectivity index (χ2v) is 6.45. The average Bonchev–Trinajstić information content (AvgIpc) is 2.73. The number of para-hydroxylation sites is 1. The zero-order valence-electron chi connectivity index (χ0n) is 15.6.